The van der Waals surface area contributed by atoms with Crippen molar-refractivity contribution in [3.63, 3.8) is 0 Å². The maximum atomic E-state index is 12.4. The van der Waals surface area contributed by atoms with Crippen LogP contribution >= 0.6 is 0 Å². The van der Waals surface area contributed by atoms with Crippen LogP contribution in [0.3, 0.4) is 0 Å². The summed E-state index contributed by atoms with van der Waals surface area (Å²) in [7, 11) is 0. The van der Waals surface area contributed by atoms with E-state index in [0.29, 0.717) is 0 Å². The van der Waals surface area contributed by atoms with Gasteiger partial charge < -0.3 is 5.32 Å². The number of nitrogens with zero attached hydrogens (tertiary/aromatic N) is 1. The minimum absolute atomic E-state index is 0.0875. The molecule has 0 saturated carbocycles. The number of hydrogen-bond acceptors (Lipinski definition) is 3. The number of rotatable bonds is 6. The first-order chi connectivity index (χ1) is 10.6. The number of carbonyl (C=O) groups excluding carboxylic acids is 1. The number of nitro groups is 1. The number of nitrogens with one attached hydrogen (secondary N) is 1. The van der Waals surface area contributed by atoms with Crippen LogP contribution in [0.1, 0.15) is 41.7 Å². The zero-order valence-corrected chi connectivity index (χ0v) is 12.4. The van der Waals surface area contributed by atoms with Crippen molar-refractivity contribution in [3.8, 4) is 0 Å². The van der Waals surface area contributed by atoms with E-state index in [1.165, 1.54) is 12.1 Å². The summed E-state index contributed by atoms with van der Waals surface area (Å²) < 4.78 is 0. The molecule has 0 aliphatic carbocycles. The molecular formula is C17H18N2O3. The van der Waals surface area contributed by atoms with Crippen LogP contribution in [0.2, 0.25) is 0 Å². The monoisotopic (exact) mass is 298 g/mol. The zero-order chi connectivity index (χ0) is 15.9. The second-order valence-electron chi connectivity index (χ2n) is 5.00. The molecule has 0 aliphatic heterocycles. The molecule has 0 heterocycles. The van der Waals surface area contributed by atoms with Crippen molar-refractivity contribution in [1.82, 2.24) is 5.32 Å². The van der Waals surface area contributed by atoms with Crippen molar-refractivity contribution < 1.29 is 9.72 Å². The molecule has 2 aromatic rings. The SMILES string of the molecule is CCCC(NC(=O)c1ccccc1[N+](=O)[O-])c1ccccc1. The Morgan fingerprint density at radius 3 is 2.41 bits per heavy atom. The van der Waals surface area contributed by atoms with E-state index in [2.05, 4.69) is 5.32 Å². The Balaban J connectivity index is 2.24. The Morgan fingerprint density at radius 2 is 1.77 bits per heavy atom. The molecule has 0 aromatic heterocycles. The second-order valence-corrected chi connectivity index (χ2v) is 5.00. The predicted octanol–water partition coefficient (Wildman–Crippen LogP) is 3.87. The Kier molecular flexibility index (Phi) is 5.25. The van der Waals surface area contributed by atoms with Gasteiger partial charge in [0.25, 0.3) is 11.6 Å². The van der Waals surface area contributed by atoms with E-state index in [-0.39, 0.29) is 17.3 Å². The van der Waals surface area contributed by atoms with E-state index in [1.807, 2.05) is 37.3 Å². The van der Waals surface area contributed by atoms with Crippen LogP contribution in [0.15, 0.2) is 54.6 Å². The van der Waals surface area contributed by atoms with Crippen molar-refractivity contribution in [3.05, 3.63) is 75.8 Å². The van der Waals surface area contributed by atoms with Gasteiger partial charge in [0.1, 0.15) is 5.56 Å². The molecule has 2 rings (SSSR count). The Labute approximate surface area is 129 Å². The van der Waals surface area contributed by atoms with Gasteiger partial charge in [-0.25, -0.2) is 0 Å². The van der Waals surface area contributed by atoms with E-state index in [9.17, 15) is 14.9 Å². The van der Waals surface area contributed by atoms with E-state index in [4.69, 9.17) is 0 Å². The third-order valence-corrected chi connectivity index (χ3v) is 3.43. The summed E-state index contributed by atoms with van der Waals surface area (Å²) in [5, 5.41) is 13.9. The highest BCUT2D eigenvalue weighted by molar-refractivity contribution is 5.98. The third kappa shape index (κ3) is 3.69. The molecule has 1 unspecified atom stereocenters. The standard InChI is InChI=1S/C17H18N2O3/c1-2-8-15(13-9-4-3-5-10-13)18-17(20)14-11-6-7-12-16(14)19(21)22/h3-7,9-12,15H,2,8H2,1H3,(H,18,20). The molecule has 0 saturated heterocycles. The van der Waals surface area contributed by atoms with Gasteiger partial charge in [0.05, 0.1) is 11.0 Å². The first kappa shape index (κ1) is 15.7. The lowest BCUT2D eigenvalue weighted by Gasteiger charge is -2.18. The first-order valence-electron chi connectivity index (χ1n) is 7.22. The fourth-order valence-electron chi connectivity index (χ4n) is 2.36. The van der Waals surface area contributed by atoms with Gasteiger partial charge in [-0.15, -0.1) is 0 Å². The fourth-order valence-corrected chi connectivity index (χ4v) is 2.36. The van der Waals surface area contributed by atoms with Crippen LogP contribution in [0.25, 0.3) is 0 Å². The van der Waals surface area contributed by atoms with Crippen LogP contribution in [-0.2, 0) is 0 Å². The summed E-state index contributed by atoms with van der Waals surface area (Å²) in [4.78, 5) is 22.9. The molecular weight excluding hydrogens is 280 g/mol. The molecule has 0 bridgehead atoms. The molecule has 1 atom stereocenters. The lowest BCUT2D eigenvalue weighted by atomic mass is 10.0. The second kappa shape index (κ2) is 7.36. The van der Waals surface area contributed by atoms with Crippen molar-refractivity contribution in [2.24, 2.45) is 0 Å². The molecule has 0 aliphatic rings. The van der Waals surface area contributed by atoms with Gasteiger partial charge >= 0.3 is 0 Å². The average Bonchev–Trinajstić information content (AvgIpc) is 2.55. The number of nitro benzene ring substituents is 1. The van der Waals surface area contributed by atoms with Crippen LogP contribution in [-0.4, -0.2) is 10.8 Å². The summed E-state index contributed by atoms with van der Waals surface area (Å²) in [6.07, 6.45) is 1.67. The summed E-state index contributed by atoms with van der Waals surface area (Å²) in [6, 6.07) is 15.5. The van der Waals surface area contributed by atoms with Crippen molar-refractivity contribution >= 4 is 11.6 Å². The number of benzene rings is 2. The lowest BCUT2D eigenvalue weighted by Crippen LogP contribution is -2.29. The summed E-state index contributed by atoms with van der Waals surface area (Å²) in [6.45, 7) is 2.03. The summed E-state index contributed by atoms with van der Waals surface area (Å²) >= 11 is 0. The topological polar surface area (TPSA) is 72.2 Å². The molecule has 0 radical (unpaired) electrons. The third-order valence-electron chi connectivity index (χ3n) is 3.43. The molecule has 1 amide bonds. The molecule has 0 spiro atoms. The predicted molar refractivity (Wildman–Crippen MR) is 84.7 cm³/mol. The Bertz CT molecular complexity index is 656. The smallest absolute Gasteiger partial charge is 0.282 e. The first-order valence-corrected chi connectivity index (χ1v) is 7.22. The van der Waals surface area contributed by atoms with Crippen molar-refractivity contribution in [1.29, 1.82) is 0 Å². The highest BCUT2D eigenvalue weighted by atomic mass is 16.6. The van der Waals surface area contributed by atoms with Crippen LogP contribution in [0, 0.1) is 10.1 Å². The maximum absolute atomic E-state index is 12.4. The van der Waals surface area contributed by atoms with Crippen LogP contribution in [0.5, 0.6) is 0 Å². The number of amides is 1. The quantitative estimate of drug-likeness (QED) is 0.650. The molecule has 1 N–H and O–H groups in total. The molecule has 5 nitrogen and oxygen atoms in total. The van der Waals surface area contributed by atoms with Crippen LogP contribution < -0.4 is 5.32 Å². The zero-order valence-electron chi connectivity index (χ0n) is 12.4. The molecule has 0 fully saturated rings. The molecule has 5 heteroatoms. The normalized spacial score (nSPS) is 11.7. The van der Waals surface area contributed by atoms with Gasteiger partial charge in [0.2, 0.25) is 0 Å². The number of hydrogen-bond donors (Lipinski definition) is 1. The van der Waals surface area contributed by atoms with Gasteiger partial charge in [-0.05, 0) is 18.1 Å². The van der Waals surface area contributed by atoms with E-state index >= 15 is 0 Å². The molecule has 114 valence electrons. The van der Waals surface area contributed by atoms with Crippen molar-refractivity contribution in [2.45, 2.75) is 25.8 Å². The maximum Gasteiger partial charge on any atom is 0.282 e. The Hall–Kier alpha value is -2.69. The largest absolute Gasteiger partial charge is 0.345 e. The number of para-hydroxylation sites is 1. The van der Waals surface area contributed by atoms with Crippen molar-refractivity contribution in [2.75, 3.05) is 0 Å². The molecule has 22 heavy (non-hydrogen) atoms. The van der Waals surface area contributed by atoms with Gasteiger partial charge in [0, 0.05) is 6.07 Å². The van der Waals surface area contributed by atoms with Gasteiger partial charge in [-0.2, -0.15) is 0 Å². The number of carbonyl (C=O) groups is 1. The van der Waals surface area contributed by atoms with Crippen LogP contribution in [0.4, 0.5) is 5.69 Å². The Morgan fingerprint density at radius 1 is 1.14 bits per heavy atom. The van der Waals surface area contributed by atoms with Gasteiger partial charge in [-0.1, -0.05) is 55.8 Å². The lowest BCUT2D eigenvalue weighted by molar-refractivity contribution is -0.385. The highest BCUT2D eigenvalue weighted by Gasteiger charge is 2.22. The van der Waals surface area contributed by atoms with Gasteiger partial charge in [0.15, 0.2) is 0 Å². The summed E-state index contributed by atoms with van der Waals surface area (Å²) in [5.41, 5.74) is 0.907. The van der Waals surface area contributed by atoms with E-state index < -0.39 is 10.8 Å². The average molecular weight is 298 g/mol. The summed E-state index contributed by atoms with van der Waals surface area (Å²) in [5.74, 6) is -0.422. The minimum Gasteiger partial charge on any atom is -0.345 e. The highest BCUT2D eigenvalue weighted by Crippen LogP contribution is 2.22. The van der Waals surface area contributed by atoms with Gasteiger partial charge in [-0.3, -0.25) is 14.9 Å². The van der Waals surface area contributed by atoms with E-state index in [0.717, 1.165) is 18.4 Å². The molecule has 2 aromatic carbocycles. The fraction of sp³-hybridized carbons (Fsp3) is 0.235. The minimum atomic E-state index is -0.535. The van der Waals surface area contributed by atoms with E-state index in [1.54, 1.807) is 12.1 Å².